The van der Waals surface area contributed by atoms with Crippen LogP contribution >= 0.6 is 0 Å². The van der Waals surface area contributed by atoms with Crippen molar-refractivity contribution in [3.8, 4) is 11.5 Å². The van der Waals surface area contributed by atoms with E-state index >= 15 is 0 Å². The average molecular weight is 409 g/mol. The van der Waals surface area contributed by atoms with Crippen LogP contribution in [0.2, 0.25) is 0 Å². The molecule has 0 fully saturated rings. The van der Waals surface area contributed by atoms with E-state index in [1.807, 2.05) is 42.2 Å². The molecular formula is C23H28N4O3. The molecule has 2 aliphatic heterocycles. The molecule has 2 aromatic rings. The van der Waals surface area contributed by atoms with Crippen molar-refractivity contribution in [3.05, 3.63) is 59.2 Å². The number of ether oxygens (including phenoxy) is 2. The molecule has 4 rings (SSSR count). The first-order valence-corrected chi connectivity index (χ1v) is 10.5. The highest BCUT2D eigenvalue weighted by atomic mass is 16.7. The Bertz CT molecular complexity index is 903. The maximum atomic E-state index is 12.5. The van der Waals surface area contributed by atoms with Crippen LogP contribution in [-0.2, 0) is 24.4 Å². The van der Waals surface area contributed by atoms with E-state index in [1.165, 1.54) is 11.1 Å². The first-order chi connectivity index (χ1) is 14.7. The van der Waals surface area contributed by atoms with Gasteiger partial charge in [0.2, 0.25) is 12.7 Å². The van der Waals surface area contributed by atoms with Gasteiger partial charge in [-0.05, 0) is 42.2 Å². The minimum atomic E-state index is 0.204. The number of carbonyl (C=O) groups is 1. The van der Waals surface area contributed by atoms with Crippen LogP contribution in [0.4, 0.5) is 0 Å². The predicted molar refractivity (Wildman–Crippen MR) is 115 cm³/mol. The molecule has 0 aromatic heterocycles. The summed E-state index contributed by atoms with van der Waals surface area (Å²) in [5, 5.41) is 6.57. The summed E-state index contributed by atoms with van der Waals surface area (Å²) in [6, 6.07) is 14.1. The van der Waals surface area contributed by atoms with Crippen molar-refractivity contribution in [1.82, 2.24) is 15.5 Å². The first-order valence-electron chi connectivity index (χ1n) is 10.5. The smallest absolute Gasteiger partial charge is 0.231 e. The number of carbonyl (C=O) groups excluding carboxylic acids is 1. The molecule has 30 heavy (non-hydrogen) atoms. The summed E-state index contributed by atoms with van der Waals surface area (Å²) in [5.74, 6) is 2.49. The topological polar surface area (TPSA) is 75.2 Å². The van der Waals surface area contributed by atoms with Gasteiger partial charge in [0.1, 0.15) is 0 Å². The van der Waals surface area contributed by atoms with Crippen LogP contribution in [0, 0.1) is 0 Å². The van der Waals surface area contributed by atoms with Gasteiger partial charge in [-0.2, -0.15) is 0 Å². The lowest BCUT2D eigenvalue weighted by Gasteiger charge is -2.16. The Morgan fingerprint density at radius 1 is 1.07 bits per heavy atom. The Morgan fingerprint density at radius 2 is 1.83 bits per heavy atom. The van der Waals surface area contributed by atoms with Crippen molar-refractivity contribution in [2.75, 3.05) is 19.9 Å². The maximum Gasteiger partial charge on any atom is 0.231 e. The molecule has 2 heterocycles. The zero-order valence-corrected chi connectivity index (χ0v) is 17.3. The maximum absolute atomic E-state index is 12.5. The minimum absolute atomic E-state index is 0.204. The molecular weight excluding hydrogens is 380 g/mol. The van der Waals surface area contributed by atoms with Gasteiger partial charge >= 0.3 is 0 Å². The molecule has 2 aliphatic rings. The summed E-state index contributed by atoms with van der Waals surface area (Å²) in [5.41, 5.74) is 3.57. The van der Waals surface area contributed by atoms with E-state index in [0.717, 1.165) is 49.1 Å². The lowest BCUT2D eigenvalue weighted by Crippen LogP contribution is -2.38. The fourth-order valence-electron chi connectivity index (χ4n) is 3.67. The lowest BCUT2D eigenvalue weighted by atomic mass is 10.1. The van der Waals surface area contributed by atoms with Crippen molar-refractivity contribution in [3.63, 3.8) is 0 Å². The SMILES string of the molecule is CCNC(=NCc1ccc2c(c1)OCO2)NCCCC(=O)N1Cc2ccccc2C1. The Hall–Kier alpha value is -3.22. The zero-order valence-electron chi connectivity index (χ0n) is 17.3. The van der Waals surface area contributed by atoms with Gasteiger partial charge in [0.25, 0.3) is 0 Å². The van der Waals surface area contributed by atoms with Crippen LogP contribution < -0.4 is 20.1 Å². The van der Waals surface area contributed by atoms with E-state index in [1.54, 1.807) is 0 Å². The van der Waals surface area contributed by atoms with Crippen LogP contribution in [0.5, 0.6) is 11.5 Å². The van der Waals surface area contributed by atoms with Crippen molar-refractivity contribution in [2.45, 2.75) is 39.4 Å². The predicted octanol–water partition coefficient (Wildman–Crippen LogP) is 2.79. The first kappa shape index (κ1) is 20.1. The summed E-state index contributed by atoms with van der Waals surface area (Å²) in [6.07, 6.45) is 1.29. The van der Waals surface area contributed by atoms with E-state index in [4.69, 9.17) is 9.47 Å². The molecule has 7 heteroatoms. The molecule has 0 saturated heterocycles. The third kappa shape index (κ3) is 4.84. The molecule has 2 aromatic carbocycles. The Labute approximate surface area is 177 Å². The molecule has 158 valence electrons. The second-order valence-electron chi connectivity index (χ2n) is 7.43. The summed E-state index contributed by atoms with van der Waals surface area (Å²) >= 11 is 0. The number of hydrogen-bond acceptors (Lipinski definition) is 4. The minimum Gasteiger partial charge on any atom is -0.454 e. The Balaban J connectivity index is 1.22. The number of amides is 1. The molecule has 0 saturated carbocycles. The van der Waals surface area contributed by atoms with E-state index in [9.17, 15) is 4.79 Å². The van der Waals surface area contributed by atoms with Crippen LogP contribution in [0.25, 0.3) is 0 Å². The van der Waals surface area contributed by atoms with E-state index in [0.29, 0.717) is 19.5 Å². The highest BCUT2D eigenvalue weighted by Crippen LogP contribution is 2.32. The molecule has 2 N–H and O–H groups in total. The van der Waals surface area contributed by atoms with Gasteiger partial charge in [0, 0.05) is 32.6 Å². The number of rotatable bonds is 7. The van der Waals surface area contributed by atoms with Gasteiger partial charge < -0.3 is 25.0 Å². The largest absolute Gasteiger partial charge is 0.454 e. The highest BCUT2D eigenvalue weighted by Gasteiger charge is 2.22. The number of hydrogen-bond donors (Lipinski definition) is 2. The molecule has 0 radical (unpaired) electrons. The number of fused-ring (bicyclic) bond motifs is 2. The molecule has 0 bridgehead atoms. The fraction of sp³-hybridized carbons (Fsp3) is 0.391. The third-order valence-corrected chi connectivity index (χ3v) is 5.25. The summed E-state index contributed by atoms with van der Waals surface area (Å²) < 4.78 is 10.8. The normalized spacial score (nSPS) is 14.6. The second kappa shape index (κ2) is 9.52. The monoisotopic (exact) mass is 408 g/mol. The van der Waals surface area contributed by atoms with Crippen LogP contribution in [0.1, 0.15) is 36.5 Å². The number of nitrogens with one attached hydrogen (secondary N) is 2. The summed E-state index contributed by atoms with van der Waals surface area (Å²) in [4.78, 5) is 19.1. The quantitative estimate of drug-likeness (QED) is 0.419. The Kier molecular flexibility index (Phi) is 6.37. The third-order valence-electron chi connectivity index (χ3n) is 5.25. The van der Waals surface area contributed by atoms with Crippen LogP contribution in [-0.4, -0.2) is 36.6 Å². The number of aliphatic imine (C=N–C) groups is 1. The van der Waals surface area contributed by atoms with Gasteiger partial charge in [-0.15, -0.1) is 0 Å². The van der Waals surface area contributed by atoms with Crippen molar-refractivity contribution in [1.29, 1.82) is 0 Å². The fourth-order valence-corrected chi connectivity index (χ4v) is 3.67. The highest BCUT2D eigenvalue weighted by molar-refractivity contribution is 5.80. The molecule has 7 nitrogen and oxygen atoms in total. The van der Waals surface area contributed by atoms with E-state index in [2.05, 4.69) is 27.8 Å². The lowest BCUT2D eigenvalue weighted by molar-refractivity contribution is -0.131. The Morgan fingerprint density at radius 3 is 2.60 bits per heavy atom. The molecule has 0 spiro atoms. The standard InChI is InChI=1S/C23H28N4O3/c1-2-24-23(26-13-17-9-10-20-21(12-17)30-16-29-20)25-11-5-8-22(28)27-14-18-6-3-4-7-19(18)15-27/h3-4,6-7,9-10,12H,2,5,8,11,13-16H2,1H3,(H2,24,25,26). The van der Waals surface area contributed by atoms with Crippen molar-refractivity contribution < 1.29 is 14.3 Å². The molecule has 0 atom stereocenters. The van der Waals surface area contributed by atoms with Crippen molar-refractivity contribution in [2.24, 2.45) is 4.99 Å². The number of benzene rings is 2. The van der Waals surface area contributed by atoms with Gasteiger partial charge in [-0.25, -0.2) is 4.99 Å². The van der Waals surface area contributed by atoms with Gasteiger partial charge in [-0.3, -0.25) is 4.79 Å². The van der Waals surface area contributed by atoms with Crippen molar-refractivity contribution >= 4 is 11.9 Å². The molecule has 0 unspecified atom stereocenters. The van der Waals surface area contributed by atoms with E-state index in [-0.39, 0.29) is 12.7 Å². The number of nitrogens with zero attached hydrogens (tertiary/aromatic N) is 2. The molecule has 1 amide bonds. The van der Waals surface area contributed by atoms with Crippen LogP contribution in [0.3, 0.4) is 0 Å². The summed E-state index contributed by atoms with van der Waals surface area (Å²) in [6.45, 7) is 5.76. The van der Waals surface area contributed by atoms with Gasteiger partial charge in [-0.1, -0.05) is 30.3 Å². The average Bonchev–Trinajstić information content (AvgIpc) is 3.41. The van der Waals surface area contributed by atoms with E-state index < -0.39 is 0 Å². The van der Waals surface area contributed by atoms with Gasteiger partial charge in [0.15, 0.2) is 17.5 Å². The second-order valence-corrected chi connectivity index (χ2v) is 7.43. The molecule has 0 aliphatic carbocycles. The number of guanidine groups is 1. The van der Waals surface area contributed by atoms with Crippen LogP contribution in [0.15, 0.2) is 47.5 Å². The summed E-state index contributed by atoms with van der Waals surface area (Å²) in [7, 11) is 0. The zero-order chi connectivity index (χ0) is 20.8. The van der Waals surface area contributed by atoms with Gasteiger partial charge in [0.05, 0.1) is 6.54 Å².